The molecule has 1 aromatic carbocycles. The zero-order valence-electron chi connectivity index (χ0n) is 9.61. The zero-order chi connectivity index (χ0) is 12.6. The van der Waals surface area contributed by atoms with Crippen molar-refractivity contribution in [2.45, 2.75) is 16.7 Å². The Bertz CT molecular complexity index is 680. The normalized spacial score (nSPS) is 22.3. The Kier molecular flexibility index (Phi) is 2.99. The fourth-order valence-electron chi connectivity index (χ4n) is 2.10. The smallest absolute Gasteiger partial charge is 0.151 e. The zero-order valence-corrected chi connectivity index (χ0v) is 11.2. The Morgan fingerprint density at radius 2 is 2.11 bits per heavy atom. The van der Waals surface area contributed by atoms with Crippen LogP contribution >= 0.6 is 11.8 Å². The molecule has 3 rings (SSSR count). The van der Waals surface area contributed by atoms with Crippen LogP contribution in [0.3, 0.4) is 0 Å². The third kappa shape index (κ3) is 2.35. The average molecular weight is 280 g/mol. The van der Waals surface area contributed by atoms with Crippen molar-refractivity contribution >= 4 is 32.4 Å². The molecule has 1 aliphatic rings. The second kappa shape index (κ2) is 4.51. The Morgan fingerprint density at radius 3 is 2.89 bits per heavy atom. The van der Waals surface area contributed by atoms with E-state index in [0.29, 0.717) is 12.2 Å². The lowest BCUT2D eigenvalue weighted by atomic mass is 10.2. The van der Waals surface area contributed by atoms with Gasteiger partial charge in [-0.25, -0.2) is 8.42 Å². The minimum atomic E-state index is -2.84. The molecule has 0 N–H and O–H groups in total. The fraction of sp³-hybridized carbons (Fsp3) is 0.333. The van der Waals surface area contributed by atoms with Gasteiger partial charge in [-0.1, -0.05) is 36.0 Å². The van der Waals surface area contributed by atoms with Crippen molar-refractivity contribution < 1.29 is 8.42 Å². The Hall–Kier alpha value is -1.14. The highest BCUT2D eigenvalue weighted by Gasteiger charge is 2.29. The minimum absolute atomic E-state index is 0.107. The number of fused-ring (bicyclic) bond motifs is 1. The summed E-state index contributed by atoms with van der Waals surface area (Å²) in [5.41, 5.74) is 0. The van der Waals surface area contributed by atoms with E-state index in [4.69, 9.17) is 0 Å². The SMILES string of the molecule is O=S1(=O)CCC(Sc2nncc3ccccc23)C1. The van der Waals surface area contributed by atoms with Crippen molar-refractivity contribution in [3.8, 4) is 0 Å². The molecule has 1 fully saturated rings. The molecule has 0 radical (unpaired) electrons. The van der Waals surface area contributed by atoms with E-state index in [1.54, 1.807) is 6.20 Å². The van der Waals surface area contributed by atoms with Gasteiger partial charge in [-0.3, -0.25) is 0 Å². The molecule has 94 valence electrons. The Labute approximate surface area is 110 Å². The monoisotopic (exact) mass is 280 g/mol. The average Bonchev–Trinajstić information content (AvgIpc) is 2.69. The molecule has 2 heterocycles. The summed E-state index contributed by atoms with van der Waals surface area (Å²) < 4.78 is 22.9. The van der Waals surface area contributed by atoms with Gasteiger partial charge >= 0.3 is 0 Å². The number of hydrogen-bond donors (Lipinski definition) is 0. The van der Waals surface area contributed by atoms with Crippen molar-refractivity contribution in [2.75, 3.05) is 11.5 Å². The molecule has 18 heavy (non-hydrogen) atoms. The van der Waals surface area contributed by atoms with Crippen molar-refractivity contribution in [1.82, 2.24) is 10.2 Å². The lowest BCUT2D eigenvalue weighted by Gasteiger charge is -2.08. The van der Waals surface area contributed by atoms with E-state index < -0.39 is 9.84 Å². The van der Waals surface area contributed by atoms with Gasteiger partial charge in [0.1, 0.15) is 5.03 Å². The summed E-state index contributed by atoms with van der Waals surface area (Å²) in [6, 6.07) is 7.90. The summed E-state index contributed by atoms with van der Waals surface area (Å²) in [7, 11) is -2.84. The molecule has 0 saturated carbocycles. The first-order valence-corrected chi connectivity index (χ1v) is 8.42. The Balaban J connectivity index is 1.92. The molecule has 0 amide bonds. The molecule has 1 aliphatic heterocycles. The molecular formula is C12H12N2O2S2. The van der Waals surface area contributed by atoms with E-state index in [0.717, 1.165) is 15.8 Å². The van der Waals surface area contributed by atoms with Gasteiger partial charge in [0.05, 0.1) is 17.7 Å². The van der Waals surface area contributed by atoms with Crippen molar-refractivity contribution in [3.63, 3.8) is 0 Å². The summed E-state index contributed by atoms with van der Waals surface area (Å²) in [6.45, 7) is 0. The van der Waals surface area contributed by atoms with Gasteiger partial charge in [0.2, 0.25) is 0 Å². The molecule has 1 aromatic heterocycles. The summed E-state index contributed by atoms with van der Waals surface area (Å²) in [4.78, 5) is 0. The lowest BCUT2D eigenvalue weighted by molar-refractivity contribution is 0.602. The van der Waals surface area contributed by atoms with E-state index in [1.165, 1.54) is 11.8 Å². The highest BCUT2D eigenvalue weighted by Crippen LogP contribution is 2.33. The van der Waals surface area contributed by atoms with Gasteiger partial charge in [0.15, 0.2) is 9.84 Å². The number of hydrogen-bond acceptors (Lipinski definition) is 5. The molecule has 0 aliphatic carbocycles. The lowest BCUT2D eigenvalue weighted by Crippen LogP contribution is -2.06. The molecule has 6 heteroatoms. The van der Waals surface area contributed by atoms with E-state index in [9.17, 15) is 8.42 Å². The predicted molar refractivity (Wildman–Crippen MR) is 72.5 cm³/mol. The molecule has 2 aromatic rings. The largest absolute Gasteiger partial charge is 0.229 e. The van der Waals surface area contributed by atoms with Gasteiger partial charge < -0.3 is 0 Å². The van der Waals surface area contributed by atoms with Crippen LogP contribution in [0.1, 0.15) is 6.42 Å². The molecule has 4 nitrogen and oxygen atoms in total. The third-order valence-electron chi connectivity index (χ3n) is 3.01. The van der Waals surface area contributed by atoms with Gasteiger partial charge in [-0.05, 0) is 6.42 Å². The van der Waals surface area contributed by atoms with Gasteiger partial charge in [0, 0.05) is 16.0 Å². The highest BCUT2D eigenvalue weighted by molar-refractivity contribution is 8.02. The summed E-state index contributed by atoms with van der Waals surface area (Å²) in [5, 5.41) is 11.1. The quantitative estimate of drug-likeness (QED) is 0.841. The first kappa shape index (κ1) is 11.9. The summed E-state index contributed by atoms with van der Waals surface area (Å²) in [6.07, 6.45) is 2.43. The number of nitrogens with zero attached hydrogens (tertiary/aromatic N) is 2. The van der Waals surface area contributed by atoms with Crippen molar-refractivity contribution in [1.29, 1.82) is 0 Å². The summed E-state index contributed by atoms with van der Waals surface area (Å²) >= 11 is 1.53. The van der Waals surface area contributed by atoms with E-state index in [2.05, 4.69) is 10.2 Å². The first-order valence-electron chi connectivity index (χ1n) is 5.71. The van der Waals surface area contributed by atoms with E-state index >= 15 is 0 Å². The maximum atomic E-state index is 11.4. The number of thioether (sulfide) groups is 1. The van der Waals surface area contributed by atoms with Crippen LogP contribution in [0.5, 0.6) is 0 Å². The first-order chi connectivity index (χ1) is 8.64. The molecule has 1 saturated heterocycles. The minimum Gasteiger partial charge on any atom is -0.229 e. The standard InChI is InChI=1S/C12H12N2O2S2/c15-18(16)6-5-10(8-18)17-12-11-4-2-1-3-9(11)7-13-14-12/h1-4,7,10H,5-6,8H2. The topological polar surface area (TPSA) is 59.9 Å². The molecular weight excluding hydrogens is 268 g/mol. The van der Waals surface area contributed by atoms with Crippen LogP contribution in [0.15, 0.2) is 35.5 Å². The molecule has 1 unspecified atom stereocenters. The van der Waals surface area contributed by atoms with E-state index in [1.807, 2.05) is 24.3 Å². The number of aromatic nitrogens is 2. The Morgan fingerprint density at radius 1 is 1.28 bits per heavy atom. The second-order valence-electron chi connectivity index (χ2n) is 4.38. The van der Waals surface area contributed by atoms with Crippen LogP contribution in [-0.2, 0) is 9.84 Å². The van der Waals surface area contributed by atoms with Crippen molar-refractivity contribution in [2.24, 2.45) is 0 Å². The van der Waals surface area contributed by atoms with Crippen LogP contribution in [0.4, 0.5) is 0 Å². The maximum absolute atomic E-state index is 11.4. The van der Waals surface area contributed by atoms with Crippen LogP contribution < -0.4 is 0 Å². The molecule has 0 spiro atoms. The van der Waals surface area contributed by atoms with Crippen LogP contribution in [-0.4, -0.2) is 35.4 Å². The number of sulfone groups is 1. The predicted octanol–water partition coefficient (Wildman–Crippen LogP) is 1.91. The van der Waals surface area contributed by atoms with E-state index in [-0.39, 0.29) is 11.0 Å². The number of rotatable bonds is 2. The van der Waals surface area contributed by atoms with Gasteiger partial charge in [-0.15, -0.1) is 5.10 Å². The second-order valence-corrected chi connectivity index (χ2v) is 7.90. The van der Waals surface area contributed by atoms with Gasteiger partial charge in [0.25, 0.3) is 0 Å². The van der Waals surface area contributed by atoms with Crippen LogP contribution in [0.25, 0.3) is 10.8 Å². The fourth-order valence-corrected chi connectivity index (χ4v) is 5.65. The molecule has 0 bridgehead atoms. The highest BCUT2D eigenvalue weighted by atomic mass is 32.2. The van der Waals surface area contributed by atoms with Crippen molar-refractivity contribution in [3.05, 3.63) is 30.5 Å². The third-order valence-corrected chi connectivity index (χ3v) is 6.25. The summed E-state index contributed by atoms with van der Waals surface area (Å²) in [5.74, 6) is 0.547. The van der Waals surface area contributed by atoms with Crippen LogP contribution in [0, 0.1) is 0 Å². The number of benzene rings is 1. The molecule has 1 atom stereocenters. The van der Waals surface area contributed by atoms with Gasteiger partial charge in [-0.2, -0.15) is 5.10 Å². The maximum Gasteiger partial charge on any atom is 0.151 e. The van der Waals surface area contributed by atoms with Crippen LogP contribution in [0.2, 0.25) is 0 Å².